The molecular formula is C30H34N6O3. The van der Waals surface area contributed by atoms with Crippen LogP contribution in [0.3, 0.4) is 0 Å². The minimum Gasteiger partial charge on any atom is -0.495 e. The Kier molecular flexibility index (Phi) is 6.35. The van der Waals surface area contributed by atoms with E-state index in [-0.39, 0.29) is 6.04 Å². The molecule has 0 saturated carbocycles. The molecule has 9 heteroatoms. The highest BCUT2D eigenvalue weighted by atomic mass is 16.5. The number of rotatable bonds is 6. The zero-order valence-electron chi connectivity index (χ0n) is 23.0. The smallest absolute Gasteiger partial charge is 0.142 e. The van der Waals surface area contributed by atoms with Gasteiger partial charge in [0.1, 0.15) is 5.75 Å². The highest BCUT2D eigenvalue weighted by molar-refractivity contribution is 6.07. The third kappa shape index (κ3) is 4.35. The van der Waals surface area contributed by atoms with Crippen LogP contribution >= 0.6 is 0 Å². The predicted octanol–water partition coefficient (Wildman–Crippen LogP) is 4.94. The number of methoxy groups -OCH3 is 1. The van der Waals surface area contributed by atoms with Gasteiger partial charge in [-0.25, -0.2) is 4.68 Å². The molecule has 0 aliphatic carbocycles. The number of benzene rings is 1. The lowest BCUT2D eigenvalue weighted by Gasteiger charge is -2.33. The molecule has 1 aliphatic heterocycles. The zero-order valence-corrected chi connectivity index (χ0v) is 23.0. The quantitative estimate of drug-likeness (QED) is 0.334. The Morgan fingerprint density at radius 2 is 1.90 bits per heavy atom. The summed E-state index contributed by atoms with van der Waals surface area (Å²) >= 11 is 0. The van der Waals surface area contributed by atoms with Crippen LogP contribution in [-0.4, -0.2) is 55.0 Å². The second kappa shape index (κ2) is 9.73. The van der Waals surface area contributed by atoms with Crippen LogP contribution < -0.4 is 4.74 Å². The summed E-state index contributed by atoms with van der Waals surface area (Å²) in [4.78, 5) is 9.35. The minimum absolute atomic E-state index is 0.0632. The molecule has 39 heavy (non-hydrogen) atoms. The van der Waals surface area contributed by atoms with Gasteiger partial charge in [-0.1, -0.05) is 17.3 Å². The molecule has 1 aliphatic rings. The van der Waals surface area contributed by atoms with Crippen molar-refractivity contribution >= 4 is 21.9 Å². The fraction of sp³-hybridized carbons (Fsp3) is 0.400. The maximum atomic E-state index is 10.9. The number of aliphatic hydroxyl groups is 1. The number of hydrogen-bond acceptors (Lipinski definition) is 7. The molecule has 0 spiro atoms. The van der Waals surface area contributed by atoms with Gasteiger partial charge in [0.05, 0.1) is 52.9 Å². The molecule has 9 nitrogen and oxygen atoms in total. The molecule has 0 radical (unpaired) electrons. The first-order valence-electron chi connectivity index (χ1n) is 13.4. The zero-order chi connectivity index (χ0) is 27.3. The molecule has 6 rings (SSSR count). The van der Waals surface area contributed by atoms with E-state index in [1.54, 1.807) is 18.0 Å². The summed E-state index contributed by atoms with van der Waals surface area (Å²) in [6, 6.07) is 10.4. The Morgan fingerprint density at radius 3 is 2.59 bits per heavy atom. The Bertz CT molecular complexity index is 1640. The summed E-state index contributed by atoms with van der Waals surface area (Å²) < 4.78 is 15.8. The number of fused-ring (bicyclic) bond motifs is 3. The Hall–Kier alpha value is -3.82. The average molecular weight is 527 g/mol. The van der Waals surface area contributed by atoms with Gasteiger partial charge in [-0.05, 0) is 63.3 Å². The summed E-state index contributed by atoms with van der Waals surface area (Å²) in [5, 5.41) is 20.5. The lowest BCUT2D eigenvalue weighted by Crippen LogP contribution is -2.27. The second-order valence-corrected chi connectivity index (χ2v) is 10.9. The molecule has 0 bridgehead atoms. The van der Waals surface area contributed by atoms with E-state index in [1.807, 2.05) is 46.3 Å². The first-order valence-corrected chi connectivity index (χ1v) is 13.4. The molecule has 1 saturated heterocycles. The van der Waals surface area contributed by atoms with E-state index >= 15 is 0 Å². The molecule has 5 heterocycles. The molecule has 202 valence electrons. The van der Waals surface area contributed by atoms with Crippen molar-refractivity contribution in [3.63, 3.8) is 0 Å². The van der Waals surface area contributed by atoms with Crippen molar-refractivity contribution in [2.75, 3.05) is 20.3 Å². The second-order valence-electron chi connectivity index (χ2n) is 10.9. The van der Waals surface area contributed by atoms with E-state index in [4.69, 9.17) is 14.5 Å². The molecule has 1 atom stereocenters. The van der Waals surface area contributed by atoms with E-state index in [1.165, 1.54) is 0 Å². The van der Waals surface area contributed by atoms with E-state index < -0.39 is 5.60 Å². The van der Waals surface area contributed by atoms with Crippen LogP contribution in [0.25, 0.3) is 33.2 Å². The highest BCUT2D eigenvalue weighted by Gasteiger charge is 2.33. The summed E-state index contributed by atoms with van der Waals surface area (Å²) in [6.45, 7) is 7.02. The van der Waals surface area contributed by atoms with Gasteiger partial charge in [-0.2, -0.15) is 0 Å². The normalized spacial score (nSPS) is 15.7. The molecule has 1 unspecified atom stereocenters. The number of pyridine rings is 2. The van der Waals surface area contributed by atoms with Gasteiger partial charge in [-0.3, -0.25) is 9.97 Å². The van der Waals surface area contributed by atoms with E-state index in [0.717, 1.165) is 68.6 Å². The average Bonchev–Trinajstić information content (AvgIpc) is 3.44. The van der Waals surface area contributed by atoms with Crippen LogP contribution in [0.1, 0.15) is 49.6 Å². The maximum Gasteiger partial charge on any atom is 0.142 e. The van der Waals surface area contributed by atoms with Crippen LogP contribution in [0.15, 0.2) is 48.9 Å². The van der Waals surface area contributed by atoms with Crippen LogP contribution in [0.4, 0.5) is 0 Å². The van der Waals surface area contributed by atoms with Gasteiger partial charge >= 0.3 is 0 Å². The molecule has 5 aromatic rings. The van der Waals surface area contributed by atoms with Gasteiger partial charge in [0.15, 0.2) is 0 Å². The SMILES string of the molecule is COc1cnccc1C(C1CCOCC1)n1c2cc(C(C)(C)O)ccc2c2ncc(-c3c(C)nnn3C)cc21. The standard InChI is InChI=1S/C30H34N6O3/c1-18-28(35(4)34-33-18)20-14-25-27(32-16-20)22-7-6-21(30(2,3)37)15-24(22)36(25)29(19-9-12-39-13-10-19)23-8-11-31-17-26(23)38-5/h6-8,11,14-17,19,29,37H,9-10,12-13H2,1-5H3. The lowest BCUT2D eigenvalue weighted by molar-refractivity contribution is 0.0549. The highest BCUT2D eigenvalue weighted by Crippen LogP contribution is 2.44. The topological polar surface area (TPSA) is 100 Å². The summed E-state index contributed by atoms with van der Waals surface area (Å²) in [5.41, 5.74) is 6.59. The van der Waals surface area contributed by atoms with Crippen LogP contribution in [0.2, 0.25) is 0 Å². The first-order chi connectivity index (χ1) is 18.8. The van der Waals surface area contributed by atoms with Crippen LogP contribution in [-0.2, 0) is 17.4 Å². The van der Waals surface area contributed by atoms with Gasteiger partial charge in [0.25, 0.3) is 0 Å². The van der Waals surface area contributed by atoms with Crippen LogP contribution in [0, 0.1) is 12.8 Å². The number of aryl methyl sites for hydroxylation is 2. The molecule has 0 amide bonds. The molecule has 1 aromatic carbocycles. The summed E-state index contributed by atoms with van der Waals surface area (Å²) in [7, 11) is 3.59. The van der Waals surface area contributed by atoms with Gasteiger partial charge in [0.2, 0.25) is 0 Å². The Balaban J connectivity index is 1.71. The van der Waals surface area contributed by atoms with Crippen molar-refractivity contribution in [1.29, 1.82) is 0 Å². The van der Waals surface area contributed by atoms with Crippen molar-refractivity contribution < 1.29 is 14.6 Å². The number of ether oxygens (including phenoxy) is 2. The third-order valence-electron chi connectivity index (χ3n) is 7.96. The van der Waals surface area contributed by atoms with Crippen molar-refractivity contribution in [2.24, 2.45) is 13.0 Å². The van der Waals surface area contributed by atoms with Gasteiger partial charge in [0, 0.05) is 49.2 Å². The third-order valence-corrected chi connectivity index (χ3v) is 7.96. The molecule has 1 N–H and O–H groups in total. The first kappa shape index (κ1) is 25.5. The Morgan fingerprint density at radius 1 is 1.10 bits per heavy atom. The van der Waals surface area contributed by atoms with E-state index in [0.29, 0.717) is 19.1 Å². The molecule has 1 fully saturated rings. The summed E-state index contributed by atoms with van der Waals surface area (Å²) in [5.74, 6) is 1.04. The van der Waals surface area contributed by atoms with E-state index in [2.05, 4.69) is 44.1 Å². The molecular weight excluding hydrogens is 492 g/mol. The summed E-state index contributed by atoms with van der Waals surface area (Å²) in [6.07, 6.45) is 7.35. The fourth-order valence-electron chi connectivity index (χ4n) is 6.01. The Labute approximate surface area is 227 Å². The number of aromatic nitrogens is 6. The number of nitrogens with zero attached hydrogens (tertiary/aromatic N) is 6. The monoisotopic (exact) mass is 526 g/mol. The van der Waals surface area contributed by atoms with Gasteiger partial charge in [-0.15, -0.1) is 5.10 Å². The fourth-order valence-corrected chi connectivity index (χ4v) is 6.01. The molecule has 4 aromatic heterocycles. The predicted molar refractivity (Wildman–Crippen MR) is 150 cm³/mol. The lowest BCUT2D eigenvalue weighted by atomic mass is 9.86. The van der Waals surface area contributed by atoms with Crippen molar-refractivity contribution in [1.82, 2.24) is 29.5 Å². The van der Waals surface area contributed by atoms with E-state index in [9.17, 15) is 5.11 Å². The van der Waals surface area contributed by atoms with Crippen LogP contribution in [0.5, 0.6) is 5.75 Å². The van der Waals surface area contributed by atoms with Crippen molar-refractivity contribution in [3.05, 3.63) is 65.7 Å². The maximum absolute atomic E-state index is 10.9. The van der Waals surface area contributed by atoms with Crippen molar-refractivity contribution in [2.45, 2.75) is 45.3 Å². The number of hydrogen-bond donors (Lipinski definition) is 1. The van der Waals surface area contributed by atoms with Crippen molar-refractivity contribution in [3.8, 4) is 17.0 Å². The minimum atomic E-state index is -0.992. The van der Waals surface area contributed by atoms with Gasteiger partial charge < -0.3 is 19.1 Å². The largest absolute Gasteiger partial charge is 0.495 e.